The van der Waals surface area contributed by atoms with Crippen molar-refractivity contribution in [2.24, 2.45) is 5.10 Å². The average molecular weight is 215 g/mol. The highest BCUT2D eigenvalue weighted by Gasteiger charge is 2.17. The molecule has 0 unspecified atom stereocenters. The van der Waals surface area contributed by atoms with Crippen molar-refractivity contribution in [1.82, 2.24) is 5.01 Å². The van der Waals surface area contributed by atoms with Gasteiger partial charge in [0.05, 0.1) is 10.0 Å². The molecule has 1 aliphatic rings. The van der Waals surface area contributed by atoms with Gasteiger partial charge in [-0.1, -0.05) is 0 Å². The minimum Gasteiger partial charge on any atom is -0.259 e. The van der Waals surface area contributed by atoms with E-state index < -0.39 is 0 Å². The summed E-state index contributed by atoms with van der Waals surface area (Å²) in [5.41, 5.74) is 0.0389. The Morgan fingerprint density at radius 1 is 1.55 bits per heavy atom. The van der Waals surface area contributed by atoms with Crippen LogP contribution in [0, 0.1) is 0 Å². The maximum atomic E-state index is 4.09. The first-order valence-electron chi connectivity index (χ1n) is 3.47. The molecule has 0 saturated carbocycles. The Hall–Kier alpha value is -0.530. The van der Waals surface area contributed by atoms with Crippen LogP contribution in [0.2, 0.25) is 0 Å². The summed E-state index contributed by atoms with van der Waals surface area (Å²) in [6.45, 7) is 6.30. The van der Waals surface area contributed by atoms with Crippen LogP contribution in [-0.2, 0) is 0 Å². The van der Waals surface area contributed by atoms with Crippen molar-refractivity contribution in [1.29, 1.82) is 0 Å². The minimum absolute atomic E-state index is 0.0389. The molecule has 0 spiro atoms. The first-order chi connectivity index (χ1) is 5.00. The zero-order valence-electron chi connectivity index (χ0n) is 6.93. The van der Waals surface area contributed by atoms with Crippen LogP contribution in [0.3, 0.4) is 0 Å². The molecule has 0 aromatic rings. The molecule has 3 heteroatoms. The van der Waals surface area contributed by atoms with Crippen LogP contribution in [0.1, 0.15) is 20.8 Å². The molecule has 0 radical (unpaired) electrons. The van der Waals surface area contributed by atoms with Gasteiger partial charge in [0, 0.05) is 12.1 Å². The number of allylic oxidation sites excluding steroid dienone is 2. The van der Waals surface area contributed by atoms with Gasteiger partial charge in [-0.3, -0.25) is 5.01 Å². The quantitative estimate of drug-likeness (QED) is 0.606. The maximum Gasteiger partial charge on any atom is 0.0822 e. The van der Waals surface area contributed by atoms with Crippen LogP contribution in [-0.4, -0.2) is 16.4 Å². The molecule has 0 amide bonds. The molecule has 1 aliphatic heterocycles. The monoisotopic (exact) mass is 214 g/mol. The lowest BCUT2D eigenvalue weighted by Crippen LogP contribution is -2.33. The summed E-state index contributed by atoms with van der Waals surface area (Å²) >= 11 is 3.28. The number of nitrogens with zero attached hydrogens (tertiary/aromatic N) is 2. The predicted molar refractivity (Wildman–Crippen MR) is 50.6 cm³/mol. The van der Waals surface area contributed by atoms with E-state index in [2.05, 4.69) is 47.7 Å². The van der Waals surface area contributed by atoms with Crippen molar-refractivity contribution in [3.05, 3.63) is 16.8 Å². The van der Waals surface area contributed by atoms with Crippen molar-refractivity contribution in [3.8, 4) is 0 Å². The molecule has 1 rings (SSSR count). The highest BCUT2D eigenvalue weighted by Crippen LogP contribution is 2.17. The van der Waals surface area contributed by atoms with E-state index in [1.54, 1.807) is 0 Å². The molecule has 0 aromatic heterocycles. The van der Waals surface area contributed by atoms with Crippen LogP contribution in [0.4, 0.5) is 0 Å². The first-order valence-corrected chi connectivity index (χ1v) is 4.26. The lowest BCUT2D eigenvalue weighted by molar-refractivity contribution is 0.215. The largest absolute Gasteiger partial charge is 0.259 e. The Morgan fingerprint density at radius 3 is 2.55 bits per heavy atom. The smallest absolute Gasteiger partial charge is 0.0822 e. The van der Waals surface area contributed by atoms with E-state index in [4.69, 9.17) is 0 Å². The van der Waals surface area contributed by atoms with Crippen molar-refractivity contribution in [2.45, 2.75) is 26.3 Å². The van der Waals surface area contributed by atoms with Gasteiger partial charge in [0.25, 0.3) is 0 Å². The summed E-state index contributed by atoms with van der Waals surface area (Å²) in [4.78, 5) is 0. The fourth-order valence-corrected chi connectivity index (χ4v) is 0.879. The molecule has 0 N–H and O–H groups in total. The fourth-order valence-electron chi connectivity index (χ4n) is 0.682. The number of halogens is 1. The summed E-state index contributed by atoms with van der Waals surface area (Å²) in [6, 6.07) is 0. The van der Waals surface area contributed by atoms with E-state index in [0.29, 0.717) is 0 Å². The van der Waals surface area contributed by atoms with Gasteiger partial charge in [-0.15, -0.1) is 5.10 Å². The van der Waals surface area contributed by atoms with Gasteiger partial charge in [-0.05, 0) is 42.8 Å². The third-order valence-corrected chi connectivity index (χ3v) is 1.76. The van der Waals surface area contributed by atoms with Crippen LogP contribution in [0.15, 0.2) is 21.9 Å². The van der Waals surface area contributed by atoms with Crippen LogP contribution in [0.5, 0.6) is 0 Å². The van der Waals surface area contributed by atoms with Crippen molar-refractivity contribution in [2.75, 3.05) is 0 Å². The Kier molecular flexibility index (Phi) is 2.21. The maximum absolute atomic E-state index is 4.09. The highest BCUT2D eigenvalue weighted by molar-refractivity contribution is 9.12. The Labute approximate surface area is 75.4 Å². The second kappa shape index (κ2) is 2.84. The normalized spacial score (nSPS) is 17.1. The lowest BCUT2D eigenvalue weighted by Gasteiger charge is -2.29. The standard InChI is InChI=1S/C8H11BrN2/c1-8(2,3)11-5-4-7(9)6-10-11/h4-5H,1-3H3. The highest BCUT2D eigenvalue weighted by atomic mass is 79.9. The van der Waals surface area contributed by atoms with E-state index in [9.17, 15) is 0 Å². The number of hydrogen-bond donors (Lipinski definition) is 0. The minimum atomic E-state index is 0.0389. The molecule has 0 bridgehead atoms. The predicted octanol–water partition coefficient (Wildman–Crippen LogP) is 2.48. The van der Waals surface area contributed by atoms with Gasteiger partial charge in [0.15, 0.2) is 0 Å². The van der Waals surface area contributed by atoms with E-state index in [-0.39, 0.29) is 5.54 Å². The van der Waals surface area contributed by atoms with Gasteiger partial charge in [0.2, 0.25) is 0 Å². The lowest BCUT2D eigenvalue weighted by atomic mass is 10.1. The number of hydrogen-bond acceptors (Lipinski definition) is 2. The number of hydrazone groups is 1. The summed E-state index contributed by atoms with van der Waals surface area (Å²) in [6.07, 6.45) is 3.86. The summed E-state index contributed by atoms with van der Waals surface area (Å²) in [5.74, 6) is 2.84. The Balaban J connectivity index is 2.84. The molecule has 2 nitrogen and oxygen atoms in total. The third-order valence-electron chi connectivity index (χ3n) is 1.31. The molecule has 1 heterocycles. The summed E-state index contributed by atoms with van der Waals surface area (Å²) < 4.78 is 0.887. The summed E-state index contributed by atoms with van der Waals surface area (Å²) in [7, 11) is 0. The second-order valence-electron chi connectivity index (χ2n) is 3.39. The van der Waals surface area contributed by atoms with E-state index in [0.717, 1.165) is 4.48 Å². The Bertz CT molecular complexity index is 241. The molecule has 0 fully saturated rings. The van der Waals surface area contributed by atoms with E-state index >= 15 is 0 Å². The van der Waals surface area contributed by atoms with E-state index in [1.807, 2.05) is 17.3 Å². The molecule has 0 atom stereocenters. The Morgan fingerprint density at radius 2 is 2.18 bits per heavy atom. The zero-order valence-corrected chi connectivity index (χ0v) is 8.51. The molecule has 0 aliphatic carbocycles. The average Bonchev–Trinajstić information content (AvgIpc) is 1.86. The van der Waals surface area contributed by atoms with Crippen molar-refractivity contribution < 1.29 is 0 Å². The van der Waals surface area contributed by atoms with Crippen LogP contribution >= 0.6 is 15.9 Å². The molecule has 11 heavy (non-hydrogen) atoms. The third kappa shape index (κ3) is 2.21. The molecular formula is C8H11BrN2. The molecule has 0 saturated heterocycles. The van der Waals surface area contributed by atoms with Crippen LogP contribution in [0.25, 0.3) is 0 Å². The first kappa shape index (κ1) is 8.57. The van der Waals surface area contributed by atoms with Gasteiger partial charge >= 0.3 is 0 Å². The molecule has 60 valence electrons. The SMILES string of the molecule is CC(C)(C)N1C=CC(Br)=C=N1. The van der Waals surface area contributed by atoms with Gasteiger partial charge in [0.1, 0.15) is 0 Å². The van der Waals surface area contributed by atoms with Gasteiger partial charge < -0.3 is 0 Å². The summed E-state index contributed by atoms with van der Waals surface area (Å²) in [5, 5.41) is 5.97. The van der Waals surface area contributed by atoms with Gasteiger partial charge in [-0.2, -0.15) is 0 Å². The zero-order chi connectivity index (χ0) is 8.48. The van der Waals surface area contributed by atoms with Crippen molar-refractivity contribution >= 4 is 21.8 Å². The van der Waals surface area contributed by atoms with Crippen molar-refractivity contribution in [3.63, 3.8) is 0 Å². The van der Waals surface area contributed by atoms with E-state index in [1.165, 1.54) is 0 Å². The van der Waals surface area contributed by atoms with Gasteiger partial charge in [-0.25, -0.2) is 0 Å². The second-order valence-corrected chi connectivity index (χ2v) is 4.25. The van der Waals surface area contributed by atoms with Crippen LogP contribution < -0.4 is 0 Å². The molecule has 0 aromatic carbocycles. The molecular weight excluding hydrogens is 204 g/mol. The fraction of sp³-hybridized carbons (Fsp3) is 0.500. The topological polar surface area (TPSA) is 15.6 Å². The number of rotatable bonds is 0.